The maximum atomic E-state index is 12.5. The second-order valence-electron chi connectivity index (χ2n) is 5.84. The van der Waals surface area contributed by atoms with Gasteiger partial charge in [-0.05, 0) is 59.3 Å². The van der Waals surface area contributed by atoms with Gasteiger partial charge in [0.15, 0.2) is 11.4 Å². The van der Waals surface area contributed by atoms with Gasteiger partial charge in [-0.1, -0.05) is 37.9 Å². The molecule has 0 spiro atoms. The van der Waals surface area contributed by atoms with Crippen LogP contribution in [0, 0.1) is 6.92 Å². The molecule has 3 aromatic rings. The second kappa shape index (κ2) is 9.47. The van der Waals surface area contributed by atoms with Crippen molar-refractivity contribution in [3.8, 4) is 5.75 Å². The first-order valence-corrected chi connectivity index (χ1v) is 10.5. The molecular weight excluding hydrogens is 572 g/mol. The van der Waals surface area contributed by atoms with Gasteiger partial charge in [0.05, 0.1) is 16.3 Å². The smallest absolute Gasteiger partial charge is 0.343 e. The third kappa shape index (κ3) is 5.62. The zero-order chi connectivity index (χ0) is 21.0. The summed E-state index contributed by atoms with van der Waals surface area (Å²) in [4.78, 5) is 24.6. The van der Waals surface area contributed by atoms with E-state index in [0.717, 1.165) is 14.6 Å². The molecule has 0 aliphatic carbocycles. The summed E-state index contributed by atoms with van der Waals surface area (Å²) in [6.07, 6.45) is 1.39. The van der Waals surface area contributed by atoms with E-state index in [1.807, 2.05) is 6.07 Å². The molecule has 3 rings (SSSR count). The molecule has 0 bridgehead atoms. The molecule has 29 heavy (non-hydrogen) atoms. The fraction of sp³-hybridized carbons (Fsp3) is 0.0526. The Morgan fingerprint density at radius 1 is 1.14 bits per heavy atom. The molecule has 148 valence electrons. The van der Waals surface area contributed by atoms with Crippen LogP contribution in [-0.2, 0) is 0 Å². The van der Waals surface area contributed by atoms with Crippen molar-refractivity contribution in [2.75, 3.05) is 0 Å². The molecule has 2 aromatic carbocycles. The summed E-state index contributed by atoms with van der Waals surface area (Å²) in [5, 5.41) is 10.5. The molecule has 1 heterocycles. The fourth-order valence-electron chi connectivity index (χ4n) is 2.30. The zero-order valence-corrected chi connectivity index (χ0v) is 19.6. The van der Waals surface area contributed by atoms with Crippen LogP contribution in [0.25, 0.3) is 0 Å². The van der Waals surface area contributed by atoms with Gasteiger partial charge in [-0.15, -0.1) is 0 Å². The Bertz CT molecular complexity index is 1110. The quantitative estimate of drug-likeness (QED) is 0.191. The number of ether oxygens (including phenoxy) is 1. The molecule has 0 radical (unpaired) electrons. The molecule has 0 saturated carbocycles. The van der Waals surface area contributed by atoms with Crippen LogP contribution >= 0.6 is 47.8 Å². The first-order valence-electron chi connectivity index (χ1n) is 8.15. The van der Waals surface area contributed by atoms with Crippen molar-refractivity contribution >= 4 is 65.9 Å². The molecule has 2 N–H and O–H groups in total. The van der Waals surface area contributed by atoms with E-state index in [-0.39, 0.29) is 11.4 Å². The summed E-state index contributed by atoms with van der Waals surface area (Å²) in [7, 11) is 0. The van der Waals surface area contributed by atoms with E-state index in [0.29, 0.717) is 15.6 Å². The lowest BCUT2D eigenvalue weighted by atomic mass is 10.2. The van der Waals surface area contributed by atoms with Crippen molar-refractivity contribution in [2.24, 2.45) is 5.10 Å². The van der Waals surface area contributed by atoms with Gasteiger partial charge in [-0.25, -0.2) is 10.2 Å². The van der Waals surface area contributed by atoms with Crippen molar-refractivity contribution in [1.29, 1.82) is 0 Å². The highest BCUT2D eigenvalue weighted by Crippen LogP contribution is 2.32. The number of amides is 1. The highest BCUT2D eigenvalue weighted by Gasteiger charge is 2.16. The standard InChI is InChI=1S/C19H13Br3N4O3/c1-10-5-16(25-24-10)18(27)26-23-9-12-7-14(21)8-15(22)17(12)29-19(28)11-3-2-4-13(20)6-11/h2-9H,1H3,(H,24,25)(H,26,27)/b23-9+. The third-order valence-corrected chi connectivity index (χ3v) is 5.14. The third-order valence-electron chi connectivity index (χ3n) is 3.60. The molecule has 1 aromatic heterocycles. The van der Waals surface area contributed by atoms with Crippen LogP contribution in [0.2, 0.25) is 0 Å². The van der Waals surface area contributed by atoms with Crippen molar-refractivity contribution in [2.45, 2.75) is 6.92 Å². The SMILES string of the molecule is Cc1cc(C(=O)N/N=C/c2cc(Br)cc(Br)c2OC(=O)c2cccc(Br)c2)n[nH]1. The number of benzene rings is 2. The molecule has 7 nitrogen and oxygen atoms in total. The molecule has 0 saturated heterocycles. The number of hydrogen-bond donors (Lipinski definition) is 2. The Morgan fingerprint density at radius 2 is 1.93 bits per heavy atom. The summed E-state index contributed by atoms with van der Waals surface area (Å²) in [5.74, 6) is -0.723. The first-order chi connectivity index (χ1) is 13.8. The Hall–Kier alpha value is -2.30. The minimum Gasteiger partial charge on any atom is -0.421 e. The van der Waals surface area contributed by atoms with E-state index in [2.05, 4.69) is 68.5 Å². The zero-order valence-electron chi connectivity index (χ0n) is 14.9. The van der Waals surface area contributed by atoms with Crippen molar-refractivity contribution < 1.29 is 14.3 Å². The summed E-state index contributed by atoms with van der Waals surface area (Å²) in [6, 6.07) is 11.9. The van der Waals surface area contributed by atoms with E-state index >= 15 is 0 Å². The van der Waals surface area contributed by atoms with E-state index in [1.54, 1.807) is 43.3 Å². The number of rotatable bonds is 5. The van der Waals surface area contributed by atoms with Crippen LogP contribution < -0.4 is 10.2 Å². The monoisotopic (exact) mass is 582 g/mol. The number of nitrogens with one attached hydrogen (secondary N) is 2. The average molecular weight is 585 g/mol. The minimum absolute atomic E-state index is 0.219. The van der Waals surface area contributed by atoms with Gasteiger partial charge in [0.25, 0.3) is 5.91 Å². The number of nitrogens with zero attached hydrogens (tertiary/aromatic N) is 2. The largest absolute Gasteiger partial charge is 0.421 e. The van der Waals surface area contributed by atoms with Crippen molar-refractivity contribution in [1.82, 2.24) is 15.6 Å². The van der Waals surface area contributed by atoms with Crippen LogP contribution in [0.5, 0.6) is 5.75 Å². The molecule has 0 atom stereocenters. The van der Waals surface area contributed by atoms with Crippen LogP contribution in [0.4, 0.5) is 0 Å². The average Bonchev–Trinajstić information content (AvgIpc) is 3.10. The van der Waals surface area contributed by atoms with Crippen LogP contribution in [-0.4, -0.2) is 28.3 Å². The number of aromatic nitrogens is 2. The predicted molar refractivity (Wildman–Crippen MR) is 119 cm³/mol. The lowest BCUT2D eigenvalue weighted by Gasteiger charge is -2.10. The maximum absolute atomic E-state index is 12.5. The van der Waals surface area contributed by atoms with Crippen molar-refractivity contribution in [3.63, 3.8) is 0 Å². The van der Waals surface area contributed by atoms with Gasteiger partial charge in [0, 0.05) is 20.2 Å². The molecular formula is C19H13Br3N4O3. The Kier molecular flexibility index (Phi) is 6.99. The van der Waals surface area contributed by atoms with Crippen LogP contribution in [0.3, 0.4) is 0 Å². The van der Waals surface area contributed by atoms with Crippen molar-refractivity contribution in [3.05, 3.63) is 78.4 Å². The number of esters is 1. The molecule has 0 aliphatic heterocycles. The van der Waals surface area contributed by atoms with Gasteiger partial charge < -0.3 is 4.74 Å². The molecule has 1 amide bonds. The number of aromatic amines is 1. The first kappa shape index (κ1) is 21.4. The Morgan fingerprint density at radius 3 is 2.62 bits per heavy atom. The number of aryl methyl sites for hydroxylation is 1. The van der Waals surface area contributed by atoms with Gasteiger partial charge in [0.1, 0.15) is 0 Å². The van der Waals surface area contributed by atoms with Crippen LogP contribution in [0.1, 0.15) is 32.1 Å². The Balaban J connectivity index is 1.81. The summed E-state index contributed by atoms with van der Waals surface area (Å²) >= 11 is 10.1. The number of carbonyl (C=O) groups is 2. The number of halogens is 3. The highest BCUT2D eigenvalue weighted by atomic mass is 79.9. The van der Waals surface area contributed by atoms with Gasteiger partial charge in [0.2, 0.25) is 0 Å². The van der Waals surface area contributed by atoms with Crippen LogP contribution in [0.15, 0.2) is 61.0 Å². The summed E-state index contributed by atoms with van der Waals surface area (Å²) < 4.78 is 7.62. The number of hydrazone groups is 1. The minimum atomic E-state index is -0.528. The van der Waals surface area contributed by atoms with Gasteiger partial charge in [-0.2, -0.15) is 10.2 Å². The second-order valence-corrected chi connectivity index (χ2v) is 8.53. The number of H-pyrrole nitrogens is 1. The molecule has 0 fully saturated rings. The molecule has 10 heteroatoms. The van der Waals surface area contributed by atoms with E-state index in [9.17, 15) is 9.59 Å². The lowest BCUT2D eigenvalue weighted by molar-refractivity contribution is 0.0732. The fourth-order valence-corrected chi connectivity index (χ4v) is 4.04. The topological polar surface area (TPSA) is 96.4 Å². The number of hydrogen-bond acceptors (Lipinski definition) is 5. The van der Waals surface area contributed by atoms with Gasteiger partial charge in [-0.3, -0.25) is 9.89 Å². The molecule has 0 aliphatic rings. The lowest BCUT2D eigenvalue weighted by Crippen LogP contribution is -2.18. The van der Waals surface area contributed by atoms with E-state index in [4.69, 9.17) is 4.74 Å². The van der Waals surface area contributed by atoms with E-state index < -0.39 is 11.9 Å². The van der Waals surface area contributed by atoms with E-state index in [1.165, 1.54) is 6.21 Å². The maximum Gasteiger partial charge on any atom is 0.343 e. The summed E-state index contributed by atoms with van der Waals surface area (Å²) in [6.45, 7) is 1.79. The molecule has 0 unspecified atom stereocenters. The highest BCUT2D eigenvalue weighted by molar-refractivity contribution is 9.11. The number of carbonyl (C=O) groups excluding carboxylic acids is 2. The predicted octanol–water partition coefficient (Wildman–Crippen LogP) is 4.99. The summed E-state index contributed by atoms with van der Waals surface area (Å²) in [5.41, 5.74) is 4.24. The van der Waals surface area contributed by atoms with Gasteiger partial charge >= 0.3 is 5.97 Å². The normalized spacial score (nSPS) is 10.9. The Labute approximate surface area is 191 Å².